The van der Waals surface area contributed by atoms with Gasteiger partial charge >= 0.3 is 0 Å². The highest BCUT2D eigenvalue weighted by Crippen LogP contribution is 2.06. The van der Waals surface area contributed by atoms with Crippen molar-refractivity contribution in [1.29, 1.82) is 0 Å². The van der Waals surface area contributed by atoms with Gasteiger partial charge in [-0.3, -0.25) is 4.99 Å². The number of aliphatic imine (C=N–C) groups is 1. The van der Waals surface area contributed by atoms with Gasteiger partial charge in [-0.05, 0) is 19.4 Å². The van der Waals surface area contributed by atoms with Crippen molar-refractivity contribution in [2.45, 2.75) is 20.3 Å². The molecule has 62 valence electrons. The van der Waals surface area contributed by atoms with Gasteiger partial charge in [-0.2, -0.15) is 0 Å². The molecule has 1 heterocycles. The number of nitrogens with one attached hydrogen (secondary N) is 1. The van der Waals surface area contributed by atoms with Crippen LogP contribution < -0.4 is 5.32 Å². The largest absolute Gasteiger partial charge is 0.346 e. The summed E-state index contributed by atoms with van der Waals surface area (Å²) in [4.78, 5) is 4.30. The Balaban J connectivity index is 0.00000121. The Morgan fingerprint density at radius 1 is 1.64 bits per heavy atom. The highest BCUT2D eigenvalue weighted by atomic mass is 15.0. The quantitative estimate of drug-likeness (QED) is 0.644. The Morgan fingerprint density at radius 2 is 2.45 bits per heavy atom. The topological polar surface area (TPSA) is 24.4 Å². The lowest BCUT2D eigenvalue weighted by molar-refractivity contribution is 1.10. The zero-order valence-electron chi connectivity index (χ0n) is 7.09. The maximum absolute atomic E-state index is 4.30. The molecule has 1 aliphatic rings. The van der Waals surface area contributed by atoms with Crippen molar-refractivity contribution in [3.63, 3.8) is 0 Å². The molecule has 0 aromatic rings. The van der Waals surface area contributed by atoms with E-state index < -0.39 is 0 Å². The fourth-order valence-corrected chi connectivity index (χ4v) is 1.05. The molecule has 0 radical (unpaired) electrons. The highest BCUT2D eigenvalue weighted by molar-refractivity contribution is 6.03. The Bertz CT molecular complexity index is 217. The standard InChI is InChI=1S/C9H14N2.H2/c1-3-5-8-6-7-11-9(8)10-4-2;/h5-7H,3-4H2,1-2H3,(H,10,11);1H/b8-5-;. The summed E-state index contributed by atoms with van der Waals surface area (Å²) < 4.78 is 0. The lowest BCUT2D eigenvalue weighted by Crippen LogP contribution is -2.13. The summed E-state index contributed by atoms with van der Waals surface area (Å²) >= 11 is 0. The molecule has 0 atom stereocenters. The van der Waals surface area contributed by atoms with Gasteiger partial charge in [0.15, 0.2) is 0 Å². The molecule has 11 heavy (non-hydrogen) atoms. The van der Waals surface area contributed by atoms with E-state index in [1.807, 2.05) is 13.1 Å². The number of hydrogen-bond acceptors (Lipinski definition) is 1. The van der Waals surface area contributed by atoms with E-state index >= 15 is 0 Å². The summed E-state index contributed by atoms with van der Waals surface area (Å²) in [5.41, 5.74) is 1.22. The molecule has 0 saturated carbocycles. The summed E-state index contributed by atoms with van der Waals surface area (Å²) in [6, 6.07) is 0. The predicted octanol–water partition coefficient (Wildman–Crippen LogP) is 2.10. The SMILES string of the molecule is CC/C=C1/C=CNC1=NCC.[HH]. The fraction of sp³-hybridized carbons (Fsp3) is 0.444. The lowest BCUT2D eigenvalue weighted by atomic mass is 10.2. The van der Waals surface area contributed by atoms with Crippen LogP contribution in [0.15, 0.2) is 28.9 Å². The van der Waals surface area contributed by atoms with Crippen molar-refractivity contribution < 1.29 is 1.43 Å². The van der Waals surface area contributed by atoms with Crippen molar-refractivity contribution in [2.75, 3.05) is 6.54 Å². The molecule has 0 amide bonds. The summed E-state index contributed by atoms with van der Waals surface area (Å²) in [6.07, 6.45) is 7.21. The van der Waals surface area contributed by atoms with Gasteiger partial charge in [0, 0.05) is 19.7 Å². The van der Waals surface area contributed by atoms with Gasteiger partial charge in [0.2, 0.25) is 0 Å². The molecule has 0 aromatic heterocycles. The van der Waals surface area contributed by atoms with Crippen molar-refractivity contribution in [1.82, 2.24) is 5.32 Å². The van der Waals surface area contributed by atoms with E-state index in [4.69, 9.17) is 0 Å². The van der Waals surface area contributed by atoms with Crippen molar-refractivity contribution in [3.8, 4) is 0 Å². The fourth-order valence-electron chi connectivity index (χ4n) is 1.05. The highest BCUT2D eigenvalue weighted by Gasteiger charge is 2.05. The third kappa shape index (κ3) is 1.93. The number of nitrogens with zero attached hydrogens (tertiary/aromatic N) is 1. The van der Waals surface area contributed by atoms with Crippen LogP contribution in [0.2, 0.25) is 0 Å². The monoisotopic (exact) mass is 152 g/mol. The van der Waals surface area contributed by atoms with Crippen LogP contribution >= 0.6 is 0 Å². The van der Waals surface area contributed by atoms with Gasteiger partial charge in [-0.15, -0.1) is 0 Å². The molecule has 1 aliphatic heterocycles. The van der Waals surface area contributed by atoms with Crippen molar-refractivity contribution in [3.05, 3.63) is 23.9 Å². The van der Waals surface area contributed by atoms with Crippen LogP contribution in [-0.4, -0.2) is 12.4 Å². The second-order valence-electron chi connectivity index (χ2n) is 2.37. The van der Waals surface area contributed by atoms with Gasteiger partial charge in [-0.1, -0.05) is 13.0 Å². The summed E-state index contributed by atoms with van der Waals surface area (Å²) in [5.74, 6) is 1.01. The molecule has 0 aliphatic carbocycles. The van der Waals surface area contributed by atoms with Gasteiger partial charge in [0.1, 0.15) is 5.84 Å². The summed E-state index contributed by atoms with van der Waals surface area (Å²) in [5, 5.41) is 3.09. The second-order valence-corrected chi connectivity index (χ2v) is 2.37. The molecule has 0 spiro atoms. The minimum Gasteiger partial charge on any atom is -0.346 e. The van der Waals surface area contributed by atoms with Gasteiger partial charge in [0.05, 0.1) is 0 Å². The number of amidine groups is 1. The van der Waals surface area contributed by atoms with E-state index in [9.17, 15) is 0 Å². The lowest BCUT2D eigenvalue weighted by Gasteiger charge is -1.98. The van der Waals surface area contributed by atoms with Crippen molar-refractivity contribution in [2.24, 2.45) is 4.99 Å². The van der Waals surface area contributed by atoms with Crippen LogP contribution in [0.4, 0.5) is 0 Å². The van der Waals surface area contributed by atoms with E-state index in [1.54, 1.807) is 0 Å². The van der Waals surface area contributed by atoms with Gasteiger partial charge in [-0.25, -0.2) is 0 Å². The molecule has 0 fully saturated rings. The van der Waals surface area contributed by atoms with Crippen LogP contribution in [0.3, 0.4) is 0 Å². The maximum Gasteiger partial charge on any atom is 0.131 e. The van der Waals surface area contributed by atoms with Gasteiger partial charge < -0.3 is 5.32 Å². The molecule has 2 heteroatoms. The average Bonchev–Trinajstić information content (AvgIpc) is 2.39. The van der Waals surface area contributed by atoms with Crippen LogP contribution in [0, 0.1) is 0 Å². The Kier molecular flexibility index (Phi) is 2.90. The zero-order chi connectivity index (χ0) is 8.10. The second kappa shape index (κ2) is 3.96. The molecule has 0 unspecified atom stereocenters. The van der Waals surface area contributed by atoms with Crippen LogP contribution in [0.5, 0.6) is 0 Å². The number of rotatable bonds is 2. The molecule has 1 rings (SSSR count). The van der Waals surface area contributed by atoms with E-state index in [0.717, 1.165) is 18.8 Å². The Hall–Kier alpha value is -1.05. The predicted molar refractivity (Wildman–Crippen MR) is 50.7 cm³/mol. The molecule has 1 N–H and O–H groups in total. The first-order valence-electron chi connectivity index (χ1n) is 4.06. The molecule has 0 aromatic carbocycles. The smallest absolute Gasteiger partial charge is 0.131 e. The van der Waals surface area contributed by atoms with Crippen LogP contribution in [-0.2, 0) is 0 Å². The van der Waals surface area contributed by atoms with Crippen LogP contribution in [0.25, 0.3) is 0 Å². The van der Waals surface area contributed by atoms with Crippen molar-refractivity contribution >= 4 is 5.84 Å². The molecule has 0 bridgehead atoms. The summed E-state index contributed by atoms with van der Waals surface area (Å²) in [6.45, 7) is 5.00. The third-order valence-corrected chi connectivity index (χ3v) is 1.50. The number of hydrogen-bond donors (Lipinski definition) is 1. The summed E-state index contributed by atoms with van der Waals surface area (Å²) in [7, 11) is 0. The van der Waals surface area contributed by atoms with E-state index in [1.165, 1.54) is 5.57 Å². The normalized spacial score (nSPS) is 23.1. The number of allylic oxidation sites excluding steroid dienone is 1. The molecule has 0 saturated heterocycles. The van der Waals surface area contributed by atoms with E-state index in [0.29, 0.717) is 0 Å². The molecular weight excluding hydrogens is 136 g/mol. The van der Waals surface area contributed by atoms with Gasteiger partial charge in [0.25, 0.3) is 0 Å². The maximum atomic E-state index is 4.30. The minimum atomic E-state index is 0. The Labute approximate surface area is 69.2 Å². The minimum absolute atomic E-state index is 0. The average molecular weight is 152 g/mol. The first-order chi connectivity index (χ1) is 5.38. The molecule has 2 nitrogen and oxygen atoms in total. The van der Waals surface area contributed by atoms with Crippen LogP contribution in [0.1, 0.15) is 21.7 Å². The van der Waals surface area contributed by atoms with E-state index in [-0.39, 0.29) is 1.43 Å². The molecular formula is C9H16N2. The zero-order valence-corrected chi connectivity index (χ0v) is 7.09. The Morgan fingerprint density at radius 3 is 3.09 bits per heavy atom. The first-order valence-corrected chi connectivity index (χ1v) is 4.06. The first kappa shape index (κ1) is 8.05. The third-order valence-electron chi connectivity index (χ3n) is 1.50. The van der Waals surface area contributed by atoms with E-state index in [2.05, 4.69) is 29.4 Å².